The van der Waals surface area contributed by atoms with Crippen LogP contribution in [-0.4, -0.2) is 16.8 Å². The second kappa shape index (κ2) is 7.71. The van der Waals surface area contributed by atoms with Gasteiger partial charge in [-0.15, -0.1) is 12.4 Å². The lowest BCUT2D eigenvalue weighted by molar-refractivity contribution is -0.131. The molecule has 0 atom stereocenters. The van der Waals surface area contributed by atoms with Gasteiger partial charge in [0.15, 0.2) is 0 Å². The molecule has 0 heterocycles. The molecule has 23 heavy (non-hydrogen) atoms. The zero-order valence-corrected chi connectivity index (χ0v) is 14.3. The molecule has 0 unspecified atom stereocenters. The van der Waals surface area contributed by atoms with E-state index in [0.717, 1.165) is 34.7 Å². The number of benzene rings is 2. The van der Waals surface area contributed by atoms with E-state index in [0.29, 0.717) is 19.0 Å². The van der Waals surface area contributed by atoms with Gasteiger partial charge in [-0.3, -0.25) is 4.79 Å². The van der Waals surface area contributed by atoms with Crippen LogP contribution in [0.2, 0.25) is 5.02 Å². The highest BCUT2D eigenvalue weighted by molar-refractivity contribution is 6.30. The van der Waals surface area contributed by atoms with Crippen LogP contribution in [0, 0.1) is 0 Å². The molecule has 0 aromatic heterocycles. The minimum absolute atomic E-state index is 0. The summed E-state index contributed by atoms with van der Waals surface area (Å²) in [6, 6.07) is 15.6. The van der Waals surface area contributed by atoms with Gasteiger partial charge in [0, 0.05) is 23.3 Å². The second-order valence-corrected chi connectivity index (χ2v) is 6.23. The highest BCUT2D eigenvalue weighted by Gasteiger charge is 2.32. The minimum Gasteiger partial charge on any atom is -0.399 e. The van der Waals surface area contributed by atoms with E-state index in [2.05, 4.69) is 0 Å². The van der Waals surface area contributed by atoms with Crippen LogP contribution in [0.1, 0.15) is 24.0 Å². The van der Waals surface area contributed by atoms with Gasteiger partial charge >= 0.3 is 0 Å². The molecule has 1 aliphatic carbocycles. The van der Waals surface area contributed by atoms with Crippen LogP contribution in [0.4, 0.5) is 5.69 Å². The lowest BCUT2D eigenvalue weighted by Crippen LogP contribution is -2.33. The Kier molecular flexibility index (Phi) is 5.91. The third-order valence-corrected chi connectivity index (χ3v) is 4.16. The average molecular weight is 351 g/mol. The lowest BCUT2D eigenvalue weighted by Gasteiger charge is -2.23. The number of nitrogens with zero attached hydrogens (tertiary/aromatic N) is 1. The third-order valence-electron chi connectivity index (χ3n) is 3.91. The van der Waals surface area contributed by atoms with Crippen molar-refractivity contribution in [2.24, 2.45) is 0 Å². The maximum atomic E-state index is 12.6. The summed E-state index contributed by atoms with van der Waals surface area (Å²) in [5, 5.41) is 0.718. The number of carbonyl (C=O) groups is 1. The van der Waals surface area contributed by atoms with Crippen molar-refractivity contribution in [1.29, 1.82) is 0 Å². The first-order valence-electron chi connectivity index (χ1n) is 7.50. The summed E-state index contributed by atoms with van der Waals surface area (Å²) in [5.74, 6) is 0.169. The van der Waals surface area contributed by atoms with Crippen molar-refractivity contribution in [2.45, 2.75) is 31.8 Å². The van der Waals surface area contributed by atoms with Crippen molar-refractivity contribution in [3.63, 3.8) is 0 Å². The number of hydrogen-bond donors (Lipinski definition) is 1. The molecule has 2 aromatic rings. The van der Waals surface area contributed by atoms with Gasteiger partial charge in [-0.2, -0.15) is 0 Å². The topological polar surface area (TPSA) is 46.3 Å². The Balaban J connectivity index is 0.00000192. The van der Waals surface area contributed by atoms with Crippen LogP contribution in [-0.2, 0) is 17.8 Å². The van der Waals surface area contributed by atoms with Crippen LogP contribution < -0.4 is 5.73 Å². The number of hydrogen-bond acceptors (Lipinski definition) is 2. The van der Waals surface area contributed by atoms with Crippen LogP contribution in [0.25, 0.3) is 0 Å². The summed E-state index contributed by atoms with van der Waals surface area (Å²) < 4.78 is 0. The van der Waals surface area contributed by atoms with Gasteiger partial charge in [-0.25, -0.2) is 0 Å². The summed E-state index contributed by atoms with van der Waals surface area (Å²) in [6.07, 6.45) is 2.62. The number of nitrogen functional groups attached to an aromatic ring is 1. The first-order chi connectivity index (χ1) is 10.6. The summed E-state index contributed by atoms with van der Waals surface area (Å²) in [4.78, 5) is 14.6. The van der Waals surface area contributed by atoms with E-state index < -0.39 is 0 Å². The fourth-order valence-corrected chi connectivity index (χ4v) is 2.63. The first kappa shape index (κ1) is 17.6. The quantitative estimate of drug-likeness (QED) is 0.825. The van der Waals surface area contributed by atoms with Crippen molar-refractivity contribution in [2.75, 3.05) is 5.73 Å². The third kappa shape index (κ3) is 4.88. The Hall–Kier alpha value is -1.71. The van der Waals surface area contributed by atoms with Crippen molar-refractivity contribution >= 4 is 35.6 Å². The van der Waals surface area contributed by atoms with E-state index in [4.69, 9.17) is 17.3 Å². The van der Waals surface area contributed by atoms with E-state index in [9.17, 15) is 4.79 Å². The summed E-state index contributed by atoms with van der Waals surface area (Å²) in [7, 11) is 0. The first-order valence-corrected chi connectivity index (χ1v) is 7.88. The maximum absolute atomic E-state index is 12.6. The van der Waals surface area contributed by atoms with Gasteiger partial charge < -0.3 is 10.6 Å². The van der Waals surface area contributed by atoms with E-state index in [-0.39, 0.29) is 18.3 Å². The molecule has 5 heteroatoms. The highest BCUT2D eigenvalue weighted by atomic mass is 35.5. The normalized spacial score (nSPS) is 13.3. The molecule has 0 aliphatic heterocycles. The molecule has 0 radical (unpaired) electrons. The van der Waals surface area contributed by atoms with E-state index in [1.807, 2.05) is 53.4 Å². The van der Waals surface area contributed by atoms with Crippen molar-refractivity contribution < 1.29 is 4.79 Å². The highest BCUT2D eigenvalue weighted by Crippen LogP contribution is 2.29. The van der Waals surface area contributed by atoms with Crippen molar-refractivity contribution in [3.8, 4) is 0 Å². The van der Waals surface area contributed by atoms with Gasteiger partial charge in [0.1, 0.15) is 0 Å². The predicted octanol–water partition coefficient (Wildman–Crippen LogP) is 4.08. The molecule has 0 spiro atoms. The monoisotopic (exact) mass is 350 g/mol. The maximum Gasteiger partial charge on any atom is 0.227 e. The van der Waals surface area contributed by atoms with Crippen LogP contribution in [0.3, 0.4) is 0 Å². The Labute approximate surface area is 147 Å². The molecule has 122 valence electrons. The SMILES string of the molecule is Cl.Nc1ccc(CC(=O)N(Cc2ccc(Cl)cc2)C2CC2)cc1. The largest absolute Gasteiger partial charge is 0.399 e. The Morgan fingerprint density at radius 1 is 1.04 bits per heavy atom. The van der Waals surface area contributed by atoms with E-state index in [1.165, 1.54) is 0 Å². The standard InChI is InChI=1S/C18H19ClN2O.ClH/c19-15-5-1-14(2-6-15)12-21(17-9-10-17)18(22)11-13-3-7-16(20)8-4-13;/h1-8,17H,9-12,20H2;1H. The molecule has 0 bridgehead atoms. The van der Waals surface area contributed by atoms with Crippen molar-refractivity contribution in [1.82, 2.24) is 4.90 Å². The van der Waals surface area contributed by atoms with Gasteiger partial charge in [-0.1, -0.05) is 35.9 Å². The van der Waals surface area contributed by atoms with Crippen LogP contribution in [0.5, 0.6) is 0 Å². The molecular formula is C18H20Cl2N2O. The molecule has 1 aliphatic rings. The Bertz CT molecular complexity index is 652. The number of amides is 1. The van der Waals surface area contributed by atoms with Gasteiger partial charge in [0.05, 0.1) is 6.42 Å². The lowest BCUT2D eigenvalue weighted by atomic mass is 10.1. The number of nitrogens with two attached hydrogens (primary N) is 1. The van der Waals surface area contributed by atoms with Crippen LogP contribution >= 0.6 is 24.0 Å². The zero-order chi connectivity index (χ0) is 15.5. The van der Waals surface area contributed by atoms with Crippen molar-refractivity contribution in [3.05, 3.63) is 64.7 Å². The van der Waals surface area contributed by atoms with E-state index in [1.54, 1.807) is 0 Å². The van der Waals surface area contributed by atoms with E-state index >= 15 is 0 Å². The zero-order valence-electron chi connectivity index (χ0n) is 12.7. The van der Waals surface area contributed by atoms with Crippen LogP contribution in [0.15, 0.2) is 48.5 Å². The molecule has 3 rings (SSSR count). The molecule has 1 fully saturated rings. The van der Waals surface area contributed by atoms with Gasteiger partial charge in [0.25, 0.3) is 0 Å². The fourth-order valence-electron chi connectivity index (χ4n) is 2.51. The molecule has 1 saturated carbocycles. The second-order valence-electron chi connectivity index (χ2n) is 5.80. The number of anilines is 1. The fraction of sp³-hybridized carbons (Fsp3) is 0.278. The average Bonchev–Trinajstić information content (AvgIpc) is 3.33. The smallest absolute Gasteiger partial charge is 0.227 e. The Morgan fingerprint density at radius 2 is 1.61 bits per heavy atom. The predicted molar refractivity (Wildman–Crippen MR) is 96.8 cm³/mol. The molecule has 1 amide bonds. The molecule has 0 saturated heterocycles. The minimum atomic E-state index is 0. The summed E-state index contributed by atoms with van der Waals surface area (Å²) in [5.41, 5.74) is 8.52. The Morgan fingerprint density at radius 3 is 2.17 bits per heavy atom. The number of halogens is 2. The summed E-state index contributed by atoms with van der Waals surface area (Å²) >= 11 is 5.91. The number of carbonyl (C=O) groups excluding carboxylic acids is 1. The summed E-state index contributed by atoms with van der Waals surface area (Å²) in [6.45, 7) is 0.648. The molecule has 2 N–H and O–H groups in total. The van der Waals surface area contributed by atoms with Gasteiger partial charge in [0.2, 0.25) is 5.91 Å². The molecular weight excluding hydrogens is 331 g/mol. The molecule has 2 aromatic carbocycles. The molecule has 3 nitrogen and oxygen atoms in total. The van der Waals surface area contributed by atoms with Gasteiger partial charge in [-0.05, 0) is 48.2 Å². The number of rotatable bonds is 5.